The largest absolute Gasteiger partial charge is 0.425 e. The monoisotopic (exact) mass is 457 g/mol. The zero-order valence-electron chi connectivity index (χ0n) is 17.8. The zero-order valence-corrected chi connectivity index (χ0v) is 18.5. The molecular formula is C22H23ClFN6O2+. The molecule has 1 aliphatic heterocycles. The minimum Gasteiger partial charge on any atom is -0.373 e. The fourth-order valence-electron chi connectivity index (χ4n) is 4.42. The van der Waals surface area contributed by atoms with Crippen molar-refractivity contribution in [2.75, 3.05) is 13.1 Å². The first-order chi connectivity index (χ1) is 15.4. The maximum Gasteiger partial charge on any atom is 0.425 e. The molecule has 0 amide bonds. The van der Waals surface area contributed by atoms with E-state index in [1.807, 2.05) is 6.07 Å². The molecule has 1 saturated heterocycles. The first-order valence-electron chi connectivity index (χ1n) is 10.5. The van der Waals surface area contributed by atoms with E-state index in [1.54, 1.807) is 12.3 Å². The molecule has 1 aliphatic rings. The SMILES string of the molecule is C[C@@H]1CN(Cc2cnc3c(c2)c2[nH+]cnn2c(=O)n3Cc2ccc(F)c(Cl)c2)C[C@H](C)O1. The summed E-state index contributed by atoms with van der Waals surface area (Å²) in [5, 5.41) is 4.95. The fourth-order valence-corrected chi connectivity index (χ4v) is 4.62. The topological polar surface area (TPSA) is 78.8 Å². The highest BCUT2D eigenvalue weighted by Gasteiger charge is 2.24. The van der Waals surface area contributed by atoms with E-state index in [2.05, 4.69) is 33.8 Å². The summed E-state index contributed by atoms with van der Waals surface area (Å²) >= 11 is 5.94. The summed E-state index contributed by atoms with van der Waals surface area (Å²) in [6, 6.07) is 6.45. The summed E-state index contributed by atoms with van der Waals surface area (Å²) < 4.78 is 22.2. The Morgan fingerprint density at radius 1 is 1.19 bits per heavy atom. The first-order valence-corrected chi connectivity index (χ1v) is 10.9. The Morgan fingerprint density at radius 3 is 2.72 bits per heavy atom. The number of benzene rings is 1. The van der Waals surface area contributed by atoms with E-state index >= 15 is 0 Å². The van der Waals surface area contributed by atoms with Gasteiger partial charge in [0.1, 0.15) is 5.82 Å². The van der Waals surface area contributed by atoms with Crippen LogP contribution in [0.4, 0.5) is 4.39 Å². The Morgan fingerprint density at radius 2 is 1.97 bits per heavy atom. The molecule has 1 fully saturated rings. The highest BCUT2D eigenvalue weighted by Crippen LogP contribution is 2.21. The Hall–Kier alpha value is -2.88. The van der Waals surface area contributed by atoms with Crippen molar-refractivity contribution in [2.24, 2.45) is 0 Å². The van der Waals surface area contributed by atoms with Crippen molar-refractivity contribution in [1.29, 1.82) is 0 Å². The molecule has 2 atom stereocenters. The van der Waals surface area contributed by atoms with Gasteiger partial charge in [-0.1, -0.05) is 17.7 Å². The van der Waals surface area contributed by atoms with Crippen molar-refractivity contribution >= 4 is 28.3 Å². The lowest BCUT2D eigenvalue weighted by atomic mass is 10.1. The van der Waals surface area contributed by atoms with Crippen molar-refractivity contribution in [1.82, 2.24) is 24.1 Å². The molecule has 1 aromatic carbocycles. The lowest BCUT2D eigenvalue weighted by Gasteiger charge is -2.35. The lowest BCUT2D eigenvalue weighted by molar-refractivity contribution is -0.345. The van der Waals surface area contributed by atoms with Gasteiger partial charge >= 0.3 is 5.69 Å². The molecule has 0 radical (unpaired) electrons. The van der Waals surface area contributed by atoms with Crippen LogP contribution in [0.5, 0.6) is 0 Å². The predicted molar refractivity (Wildman–Crippen MR) is 117 cm³/mol. The van der Waals surface area contributed by atoms with Gasteiger partial charge in [-0.15, -0.1) is 0 Å². The summed E-state index contributed by atoms with van der Waals surface area (Å²) in [6.45, 7) is 6.77. The van der Waals surface area contributed by atoms with Crippen LogP contribution in [-0.4, -0.2) is 49.4 Å². The highest BCUT2D eigenvalue weighted by atomic mass is 35.5. The molecule has 4 heterocycles. The van der Waals surface area contributed by atoms with Gasteiger partial charge in [-0.3, -0.25) is 9.47 Å². The molecule has 0 aliphatic carbocycles. The number of morpholine rings is 1. The van der Waals surface area contributed by atoms with E-state index in [0.717, 1.165) is 30.6 Å². The van der Waals surface area contributed by atoms with Crippen LogP contribution in [0, 0.1) is 5.82 Å². The van der Waals surface area contributed by atoms with Gasteiger partial charge in [-0.25, -0.2) is 19.2 Å². The smallest absolute Gasteiger partial charge is 0.373 e. The molecule has 0 saturated carbocycles. The minimum absolute atomic E-state index is 0.0116. The van der Waals surface area contributed by atoms with Crippen LogP contribution in [0.3, 0.4) is 0 Å². The van der Waals surface area contributed by atoms with E-state index in [4.69, 9.17) is 16.3 Å². The first kappa shape index (κ1) is 21.0. The van der Waals surface area contributed by atoms with Gasteiger partial charge in [-0.2, -0.15) is 0 Å². The van der Waals surface area contributed by atoms with Gasteiger partial charge in [-0.05, 0) is 47.7 Å². The number of nitrogens with one attached hydrogen (secondary N) is 1. The van der Waals surface area contributed by atoms with Gasteiger partial charge in [0.2, 0.25) is 0 Å². The Bertz CT molecular complexity index is 1360. The Labute approximate surface area is 188 Å². The number of halogens is 2. The standard InChI is InChI=1S/C22H22ClFN6O2/c1-13-8-28(9-14(2)32-13)10-16-5-17-20(25-7-16)29(22(31)30-21(17)26-12-27-30)11-15-3-4-19(24)18(23)6-15/h3-7,12-14H,8-11H2,1-2H3/p+1/t13-,14+. The van der Waals surface area contributed by atoms with E-state index in [1.165, 1.54) is 27.5 Å². The number of H-pyrrole nitrogens is 1. The summed E-state index contributed by atoms with van der Waals surface area (Å²) in [5.74, 6) is -0.501. The quantitative estimate of drug-likeness (QED) is 0.470. The van der Waals surface area contributed by atoms with E-state index in [0.29, 0.717) is 16.9 Å². The second-order valence-electron chi connectivity index (χ2n) is 8.33. The highest BCUT2D eigenvalue weighted by molar-refractivity contribution is 6.30. The number of hydrogen-bond donors (Lipinski definition) is 0. The number of hydrogen-bond acceptors (Lipinski definition) is 5. The summed E-state index contributed by atoms with van der Waals surface area (Å²) in [7, 11) is 0. The van der Waals surface area contributed by atoms with Gasteiger partial charge in [0.05, 0.1) is 29.2 Å². The zero-order chi connectivity index (χ0) is 22.4. The average Bonchev–Trinajstić information content (AvgIpc) is 3.23. The summed E-state index contributed by atoms with van der Waals surface area (Å²) in [6.07, 6.45) is 3.63. The van der Waals surface area contributed by atoms with Crippen LogP contribution in [0.1, 0.15) is 25.0 Å². The molecule has 0 unspecified atom stereocenters. The van der Waals surface area contributed by atoms with Crippen LogP contribution in [0.15, 0.2) is 41.6 Å². The lowest BCUT2D eigenvalue weighted by Crippen LogP contribution is -2.44. The third-order valence-corrected chi connectivity index (χ3v) is 5.95. The van der Waals surface area contributed by atoms with Gasteiger partial charge in [0.15, 0.2) is 5.65 Å². The third-order valence-electron chi connectivity index (χ3n) is 5.66. The van der Waals surface area contributed by atoms with Crippen molar-refractivity contribution in [2.45, 2.75) is 39.1 Å². The summed E-state index contributed by atoms with van der Waals surface area (Å²) in [5.41, 5.74) is 2.48. The van der Waals surface area contributed by atoms with E-state index in [-0.39, 0.29) is 29.5 Å². The van der Waals surface area contributed by atoms with Crippen LogP contribution in [0.25, 0.3) is 16.7 Å². The number of aromatic amines is 1. The van der Waals surface area contributed by atoms with Crippen LogP contribution >= 0.6 is 11.6 Å². The molecule has 1 N–H and O–H groups in total. The van der Waals surface area contributed by atoms with Crippen LogP contribution in [0.2, 0.25) is 5.02 Å². The minimum atomic E-state index is -0.501. The van der Waals surface area contributed by atoms with Gasteiger partial charge in [0, 0.05) is 30.9 Å². The number of rotatable bonds is 4. The molecule has 5 rings (SSSR count). The van der Waals surface area contributed by atoms with Crippen LogP contribution in [-0.2, 0) is 17.8 Å². The molecule has 0 spiro atoms. The second kappa shape index (κ2) is 8.23. The van der Waals surface area contributed by atoms with Crippen molar-refractivity contribution < 1.29 is 14.1 Å². The number of aromatic nitrogens is 5. The maximum absolute atomic E-state index is 13.6. The van der Waals surface area contributed by atoms with Crippen molar-refractivity contribution in [3.8, 4) is 0 Å². The third kappa shape index (κ3) is 3.87. The van der Waals surface area contributed by atoms with E-state index in [9.17, 15) is 9.18 Å². The fraction of sp³-hybridized carbons (Fsp3) is 0.364. The molecule has 3 aromatic heterocycles. The molecule has 4 aromatic rings. The number of nitrogens with zero attached hydrogens (tertiary/aromatic N) is 5. The summed E-state index contributed by atoms with van der Waals surface area (Å²) in [4.78, 5) is 23.1. The molecular weight excluding hydrogens is 435 g/mol. The molecule has 0 bridgehead atoms. The van der Waals surface area contributed by atoms with Gasteiger partial charge < -0.3 is 4.74 Å². The Kier molecular flexibility index (Phi) is 5.40. The molecule has 32 heavy (non-hydrogen) atoms. The molecule has 8 nitrogen and oxygen atoms in total. The second-order valence-corrected chi connectivity index (χ2v) is 8.74. The Balaban J connectivity index is 1.57. The predicted octanol–water partition coefficient (Wildman–Crippen LogP) is 2.31. The molecule has 166 valence electrons. The van der Waals surface area contributed by atoms with Gasteiger partial charge in [0.25, 0.3) is 12.0 Å². The normalized spacial score (nSPS) is 19.8. The number of pyridine rings is 1. The number of ether oxygens (including phenoxy) is 1. The van der Waals surface area contributed by atoms with Crippen LogP contribution < -0.4 is 10.7 Å². The number of fused-ring (bicyclic) bond motifs is 3. The average molecular weight is 458 g/mol. The van der Waals surface area contributed by atoms with Crippen molar-refractivity contribution in [3.05, 3.63) is 69.2 Å². The molecule has 10 heteroatoms. The van der Waals surface area contributed by atoms with Crippen molar-refractivity contribution in [3.63, 3.8) is 0 Å². The maximum atomic E-state index is 13.6. The van der Waals surface area contributed by atoms with E-state index < -0.39 is 5.82 Å².